The van der Waals surface area contributed by atoms with Crippen LogP contribution in [-0.2, 0) is 9.53 Å². The quantitative estimate of drug-likeness (QED) is 0.770. The van der Waals surface area contributed by atoms with E-state index in [0.29, 0.717) is 12.0 Å². The van der Waals surface area contributed by atoms with E-state index in [4.69, 9.17) is 4.74 Å². The molecule has 1 aliphatic heterocycles. The first-order valence-electron chi connectivity index (χ1n) is 9.43. The molecule has 0 spiro atoms. The van der Waals surface area contributed by atoms with Gasteiger partial charge in [0.25, 0.3) is 0 Å². The van der Waals surface area contributed by atoms with E-state index in [0.717, 1.165) is 36.3 Å². The minimum Gasteiger partial charge on any atom is -0.431 e. The van der Waals surface area contributed by atoms with Gasteiger partial charge in [-0.1, -0.05) is 60.7 Å². The molecule has 1 saturated heterocycles. The van der Waals surface area contributed by atoms with Gasteiger partial charge in [-0.25, -0.2) is 0 Å². The van der Waals surface area contributed by atoms with E-state index in [1.165, 1.54) is 6.42 Å². The third kappa shape index (κ3) is 3.45. The zero-order valence-corrected chi connectivity index (χ0v) is 15.2. The molecule has 2 aromatic carbocycles. The fraction of sp³-hybridized carbons (Fsp3) is 0.348. The summed E-state index contributed by atoms with van der Waals surface area (Å²) in [6, 6.07) is 20.3. The van der Waals surface area contributed by atoms with Gasteiger partial charge in [-0.3, -0.25) is 4.79 Å². The maximum atomic E-state index is 13.1. The first-order valence-corrected chi connectivity index (χ1v) is 9.43. The van der Waals surface area contributed by atoms with Crippen LogP contribution in [0.25, 0.3) is 0 Å². The SMILES string of the molecule is CN1CCC2CC=C(OC(=O)C(c3ccccc3)c3ccccc3)CC21. The van der Waals surface area contributed by atoms with Crippen molar-refractivity contribution in [3.8, 4) is 0 Å². The Morgan fingerprint density at radius 2 is 1.65 bits per heavy atom. The molecule has 3 heteroatoms. The third-order valence-corrected chi connectivity index (χ3v) is 5.75. The summed E-state index contributed by atoms with van der Waals surface area (Å²) in [4.78, 5) is 15.5. The highest BCUT2D eigenvalue weighted by molar-refractivity contribution is 5.83. The van der Waals surface area contributed by atoms with Crippen molar-refractivity contribution in [3.63, 3.8) is 0 Å². The van der Waals surface area contributed by atoms with Crippen LogP contribution in [0.5, 0.6) is 0 Å². The number of fused-ring (bicyclic) bond motifs is 1. The molecule has 0 aromatic heterocycles. The summed E-state index contributed by atoms with van der Waals surface area (Å²) in [6.07, 6.45) is 5.23. The largest absolute Gasteiger partial charge is 0.431 e. The van der Waals surface area contributed by atoms with Gasteiger partial charge < -0.3 is 9.64 Å². The highest BCUT2D eigenvalue weighted by atomic mass is 16.5. The number of carbonyl (C=O) groups is 1. The number of allylic oxidation sites excluding steroid dienone is 1. The zero-order chi connectivity index (χ0) is 17.9. The number of carbonyl (C=O) groups excluding carboxylic acids is 1. The third-order valence-electron chi connectivity index (χ3n) is 5.75. The second-order valence-electron chi connectivity index (χ2n) is 7.38. The van der Waals surface area contributed by atoms with Crippen molar-refractivity contribution in [2.24, 2.45) is 5.92 Å². The predicted molar refractivity (Wildman–Crippen MR) is 103 cm³/mol. The maximum Gasteiger partial charge on any atom is 0.322 e. The Morgan fingerprint density at radius 1 is 1.04 bits per heavy atom. The number of hydrogen-bond acceptors (Lipinski definition) is 3. The van der Waals surface area contributed by atoms with Gasteiger partial charge in [-0.2, -0.15) is 0 Å². The first kappa shape index (κ1) is 17.0. The maximum absolute atomic E-state index is 13.1. The first-order chi connectivity index (χ1) is 12.7. The van der Waals surface area contributed by atoms with Crippen molar-refractivity contribution in [1.82, 2.24) is 4.90 Å². The van der Waals surface area contributed by atoms with E-state index < -0.39 is 5.92 Å². The Hall–Kier alpha value is -2.39. The van der Waals surface area contributed by atoms with Crippen LogP contribution in [0.1, 0.15) is 36.3 Å². The second kappa shape index (κ2) is 7.46. The summed E-state index contributed by atoms with van der Waals surface area (Å²) in [5, 5.41) is 0. The van der Waals surface area contributed by atoms with Gasteiger partial charge in [0.1, 0.15) is 11.7 Å². The average molecular weight is 347 g/mol. The smallest absolute Gasteiger partial charge is 0.322 e. The van der Waals surface area contributed by atoms with Gasteiger partial charge in [0.2, 0.25) is 0 Å². The molecule has 2 atom stereocenters. The molecule has 2 unspecified atom stereocenters. The fourth-order valence-electron chi connectivity index (χ4n) is 4.28. The van der Waals surface area contributed by atoms with Crippen molar-refractivity contribution in [2.75, 3.05) is 13.6 Å². The molecule has 4 rings (SSSR count). The number of hydrogen-bond donors (Lipinski definition) is 0. The molecule has 26 heavy (non-hydrogen) atoms. The van der Waals surface area contributed by atoms with Gasteiger partial charge >= 0.3 is 5.97 Å². The van der Waals surface area contributed by atoms with Crippen LogP contribution >= 0.6 is 0 Å². The van der Waals surface area contributed by atoms with Crippen LogP contribution in [0.4, 0.5) is 0 Å². The molecule has 2 aromatic rings. The van der Waals surface area contributed by atoms with Crippen LogP contribution in [0, 0.1) is 5.92 Å². The average Bonchev–Trinajstić information content (AvgIpc) is 3.04. The number of likely N-dealkylation sites (tertiary alicyclic amines) is 1. The molecule has 0 N–H and O–H groups in total. The van der Waals surface area contributed by atoms with E-state index in [9.17, 15) is 4.79 Å². The van der Waals surface area contributed by atoms with Crippen molar-refractivity contribution < 1.29 is 9.53 Å². The van der Waals surface area contributed by atoms with E-state index in [1.54, 1.807) is 0 Å². The molecule has 1 heterocycles. The highest BCUT2D eigenvalue weighted by Crippen LogP contribution is 2.36. The predicted octanol–water partition coefficient (Wildman–Crippen LogP) is 4.36. The van der Waals surface area contributed by atoms with Gasteiger partial charge in [-0.05, 0) is 49.6 Å². The topological polar surface area (TPSA) is 29.5 Å². The van der Waals surface area contributed by atoms with Crippen molar-refractivity contribution in [3.05, 3.63) is 83.6 Å². The lowest BCUT2D eigenvalue weighted by atomic mass is 9.88. The summed E-state index contributed by atoms with van der Waals surface area (Å²) < 4.78 is 5.91. The molecule has 0 bridgehead atoms. The van der Waals surface area contributed by atoms with E-state index in [2.05, 4.69) is 18.0 Å². The molecular formula is C23H25NO2. The van der Waals surface area contributed by atoms with E-state index in [-0.39, 0.29) is 5.97 Å². The summed E-state index contributed by atoms with van der Waals surface area (Å²) in [5.41, 5.74) is 1.94. The monoisotopic (exact) mass is 347 g/mol. The summed E-state index contributed by atoms with van der Waals surface area (Å²) in [5.74, 6) is 0.966. The molecule has 2 aliphatic rings. The molecule has 1 aliphatic carbocycles. The minimum absolute atomic E-state index is 0.187. The van der Waals surface area contributed by atoms with Crippen molar-refractivity contribution in [2.45, 2.75) is 31.2 Å². The second-order valence-corrected chi connectivity index (χ2v) is 7.38. The van der Waals surface area contributed by atoms with Gasteiger partial charge in [0.05, 0.1) is 0 Å². The van der Waals surface area contributed by atoms with Gasteiger partial charge in [-0.15, -0.1) is 0 Å². The lowest BCUT2D eigenvalue weighted by Crippen LogP contribution is -2.32. The normalized spacial score (nSPS) is 22.8. The standard InChI is InChI=1S/C23H25NO2/c1-24-15-14-17-12-13-20(16-21(17)24)26-23(25)22(18-8-4-2-5-9-18)19-10-6-3-7-11-19/h2-11,13,17,21-22H,12,14-16H2,1H3. The van der Waals surface area contributed by atoms with Crippen LogP contribution < -0.4 is 0 Å². The lowest BCUT2D eigenvalue weighted by molar-refractivity contribution is -0.140. The number of rotatable bonds is 4. The summed E-state index contributed by atoms with van der Waals surface area (Å²) in [7, 11) is 2.17. The molecule has 0 saturated carbocycles. The Morgan fingerprint density at radius 3 is 2.27 bits per heavy atom. The highest BCUT2D eigenvalue weighted by Gasteiger charge is 2.36. The van der Waals surface area contributed by atoms with E-state index >= 15 is 0 Å². The summed E-state index contributed by atoms with van der Waals surface area (Å²) in [6.45, 7) is 1.14. The molecule has 3 nitrogen and oxygen atoms in total. The Bertz CT molecular complexity index is 745. The van der Waals surface area contributed by atoms with Gasteiger partial charge in [0.15, 0.2) is 0 Å². The molecule has 134 valence electrons. The number of ether oxygens (including phenoxy) is 1. The Labute approximate surface area is 155 Å². The van der Waals surface area contributed by atoms with Gasteiger partial charge in [0, 0.05) is 12.5 Å². The van der Waals surface area contributed by atoms with Crippen LogP contribution in [-0.4, -0.2) is 30.5 Å². The minimum atomic E-state index is -0.391. The number of esters is 1. The van der Waals surface area contributed by atoms with Crippen LogP contribution in [0.2, 0.25) is 0 Å². The van der Waals surface area contributed by atoms with Crippen molar-refractivity contribution in [1.29, 1.82) is 0 Å². The number of benzene rings is 2. The van der Waals surface area contributed by atoms with Crippen molar-refractivity contribution >= 4 is 5.97 Å². The lowest BCUT2D eigenvalue weighted by Gasteiger charge is -2.29. The molecule has 0 radical (unpaired) electrons. The molecule has 1 fully saturated rings. The van der Waals surface area contributed by atoms with Crippen LogP contribution in [0.15, 0.2) is 72.5 Å². The Balaban J connectivity index is 1.56. The van der Waals surface area contributed by atoms with Crippen LogP contribution in [0.3, 0.4) is 0 Å². The molecular weight excluding hydrogens is 322 g/mol. The molecule has 0 amide bonds. The van der Waals surface area contributed by atoms with E-state index in [1.807, 2.05) is 60.7 Å². The summed E-state index contributed by atoms with van der Waals surface area (Å²) >= 11 is 0. The Kier molecular flexibility index (Phi) is 4.89. The number of nitrogens with zero attached hydrogens (tertiary/aromatic N) is 1. The fourth-order valence-corrected chi connectivity index (χ4v) is 4.28. The zero-order valence-electron chi connectivity index (χ0n) is 15.2.